The van der Waals surface area contributed by atoms with Crippen LogP contribution in [0.4, 0.5) is 32.8 Å². The highest BCUT2D eigenvalue weighted by Crippen LogP contribution is 2.57. The maximum atomic E-state index is 2.53. The summed E-state index contributed by atoms with van der Waals surface area (Å²) in [6.07, 6.45) is 0.0591. The summed E-state index contributed by atoms with van der Waals surface area (Å²) in [4.78, 5) is 9.98. The molecule has 252 valence electrons. The van der Waals surface area contributed by atoms with Crippen molar-refractivity contribution in [2.45, 2.75) is 20.0 Å². The quantitative estimate of drug-likeness (QED) is 0.165. The van der Waals surface area contributed by atoms with Crippen LogP contribution in [0.2, 0.25) is 0 Å². The Labute approximate surface area is 313 Å². The zero-order chi connectivity index (χ0) is 35.1. The third kappa shape index (κ3) is 4.66. The number of aryl methyl sites for hydroxylation is 2. The molecule has 0 saturated heterocycles. The van der Waals surface area contributed by atoms with Crippen LogP contribution in [0.15, 0.2) is 146 Å². The maximum absolute atomic E-state index is 2.53. The second kappa shape index (κ2) is 12.0. The van der Waals surface area contributed by atoms with E-state index in [-0.39, 0.29) is 13.1 Å². The molecule has 0 fully saturated rings. The van der Waals surface area contributed by atoms with E-state index in [0.29, 0.717) is 0 Å². The van der Waals surface area contributed by atoms with Crippen LogP contribution >= 0.6 is 22.7 Å². The Balaban J connectivity index is 1.02. The van der Waals surface area contributed by atoms with Crippen molar-refractivity contribution in [3.8, 4) is 11.1 Å². The van der Waals surface area contributed by atoms with Crippen molar-refractivity contribution in [3.05, 3.63) is 162 Å². The van der Waals surface area contributed by atoms with E-state index >= 15 is 0 Å². The minimum Gasteiger partial charge on any atom is -0.385 e. The summed E-state index contributed by atoms with van der Waals surface area (Å²) < 4.78 is 2.65. The van der Waals surface area contributed by atoms with Crippen molar-refractivity contribution in [3.63, 3.8) is 0 Å². The van der Waals surface area contributed by atoms with Gasteiger partial charge in [0.1, 0.15) is 16.2 Å². The molecule has 0 amide bonds. The zero-order valence-corrected chi connectivity index (χ0v) is 31.2. The van der Waals surface area contributed by atoms with Crippen molar-refractivity contribution in [2.24, 2.45) is 0 Å². The molecule has 0 spiro atoms. The zero-order valence-electron chi connectivity index (χ0n) is 29.6. The Bertz CT molecular complexity index is 2450. The lowest BCUT2D eigenvalue weighted by molar-refractivity contribution is 0.721. The van der Waals surface area contributed by atoms with Gasteiger partial charge in [0.2, 0.25) is 0 Å². The molecular formula is C45H37BN4S2. The number of para-hydroxylation sites is 2. The predicted octanol–water partition coefficient (Wildman–Crippen LogP) is 11.7. The number of fused-ring (bicyclic) bond motifs is 6. The minimum atomic E-state index is 0.0591. The molecule has 0 bridgehead atoms. The first-order valence-electron chi connectivity index (χ1n) is 17.9. The van der Waals surface area contributed by atoms with Gasteiger partial charge in [0.25, 0.3) is 0 Å². The lowest BCUT2D eigenvalue weighted by Gasteiger charge is -2.32. The molecule has 2 aliphatic heterocycles. The lowest BCUT2D eigenvalue weighted by Crippen LogP contribution is -2.53. The van der Waals surface area contributed by atoms with Gasteiger partial charge < -0.3 is 19.4 Å². The number of anilines is 6. The first kappa shape index (κ1) is 31.3. The van der Waals surface area contributed by atoms with E-state index in [1.165, 1.54) is 86.2 Å². The summed E-state index contributed by atoms with van der Waals surface area (Å²) in [5, 5.41) is 5.25. The molecule has 0 aliphatic carbocycles. The van der Waals surface area contributed by atoms with Crippen LogP contribution in [0.5, 0.6) is 0 Å². The third-order valence-corrected chi connectivity index (χ3v) is 13.4. The van der Waals surface area contributed by atoms with Crippen LogP contribution in [0.25, 0.3) is 31.3 Å². The Morgan fingerprint density at radius 2 is 1.10 bits per heavy atom. The lowest BCUT2D eigenvalue weighted by atomic mass is 9.64. The third-order valence-electron chi connectivity index (χ3n) is 10.9. The van der Waals surface area contributed by atoms with Gasteiger partial charge in [0, 0.05) is 38.6 Å². The highest BCUT2D eigenvalue weighted by molar-refractivity contribution is 7.25. The molecule has 2 aliphatic rings. The number of benzene rings is 6. The Morgan fingerprint density at radius 3 is 1.75 bits per heavy atom. The van der Waals surface area contributed by atoms with E-state index in [1.54, 1.807) is 0 Å². The van der Waals surface area contributed by atoms with Gasteiger partial charge in [-0.2, -0.15) is 0 Å². The van der Waals surface area contributed by atoms with Gasteiger partial charge in [-0.15, -0.1) is 22.7 Å². The van der Waals surface area contributed by atoms with Crippen molar-refractivity contribution in [2.75, 3.05) is 33.5 Å². The second-order valence-electron chi connectivity index (χ2n) is 14.0. The van der Waals surface area contributed by atoms with Crippen LogP contribution in [0, 0.1) is 13.8 Å². The smallest absolute Gasteiger partial charge is 0.385 e. The monoisotopic (exact) mass is 708 g/mol. The summed E-state index contributed by atoms with van der Waals surface area (Å²) in [6.45, 7) is 4.60. The van der Waals surface area contributed by atoms with Crippen LogP contribution in [-0.2, 0) is 0 Å². The molecule has 4 heterocycles. The largest absolute Gasteiger partial charge is 0.416 e. The minimum absolute atomic E-state index is 0.0591. The number of thiophene rings is 2. The molecule has 1 unspecified atom stereocenters. The maximum Gasteiger partial charge on any atom is 0.416 e. The predicted molar refractivity (Wildman–Crippen MR) is 227 cm³/mol. The van der Waals surface area contributed by atoms with Gasteiger partial charge in [-0.05, 0) is 90.6 Å². The topological polar surface area (TPSA) is 13.0 Å². The SMILES string of the molecule is Cc1cc(B2N(C)c3sc4ccccc4c3N2c2ccccc2)ccc1-c1ccc(C2N(C)c3sc4ccccc4c3N2c2ccccc2)cc1C. The fourth-order valence-electron chi connectivity index (χ4n) is 8.56. The molecular weight excluding hydrogens is 671 g/mol. The van der Waals surface area contributed by atoms with Crippen molar-refractivity contribution >= 4 is 88.0 Å². The highest BCUT2D eigenvalue weighted by atomic mass is 32.1. The Hall–Kier alpha value is -5.50. The molecule has 0 saturated carbocycles. The van der Waals surface area contributed by atoms with Crippen LogP contribution in [0.1, 0.15) is 22.9 Å². The second-order valence-corrected chi connectivity index (χ2v) is 16.1. The van der Waals surface area contributed by atoms with E-state index in [9.17, 15) is 0 Å². The summed E-state index contributed by atoms with van der Waals surface area (Å²) in [6, 6.07) is 53.5. The van der Waals surface area contributed by atoms with E-state index < -0.39 is 0 Å². The molecule has 7 heteroatoms. The van der Waals surface area contributed by atoms with E-state index in [2.05, 4.69) is 193 Å². The van der Waals surface area contributed by atoms with Crippen molar-refractivity contribution < 1.29 is 0 Å². The summed E-state index contributed by atoms with van der Waals surface area (Å²) >= 11 is 3.77. The van der Waals surface area contributed by atoms with Gasteiger partial charge in [-0.1, -0.05) is 109 Å². The summed E-state index contributed by atoms with van der Waals surface area (Å²) in [5.74, 6) is 0. The molecule has 52 heavy (non-hydrogen) atoms. The number of nitrogens with zero attached hydrogens (tertiary/aromatic N) is 4. The molecule has 4 nitrogen and oxygen atoms in total. The van der Waals surface area contributed by atoms with Gasteiger partial charge in [-0.3, -0.25) is 0 Å². The first-order valence-corrected chi connectivity index (χ1v) is 19.5. The van der Waals surface area contributed by atoms with Crippen LogP contribution < -0.4 is 24.9 Å². The summed E-state index contributed by atoms with van der Waals surface area (Å²) in [5.41, 5.74) is 12.7. The molecule has 1 atom stereocenters. The van der Waals surface area contributed by atoms with Crippen molar-refractivity contribution in [1.82, 2.24) is 0 Å². The average Bonchev–Trinajstić information content (AvgIpc) is 3.90. The van der Waals surface area contributed by atoms with Gasteiger partial charge in [0.15, 0.2) is 0 Å². The normalized spacial score (nSPS) is 15.3. The number of rotatable bonds is 5. The van der Waals surface area contributed by atoms with E-state index in [4.69, 9.17) is 0 Å². The Morgan fingerprint density at radius 1 is 0.538 bits per heavy atom. The average molecular weight is 709 g/mol. The molecule has 2 aromatic heterocycles. The van der Waals surface area contributed by atoms with Gasteiger partial charge in [0.05, 0.1) is 11.4 Å². The van der Waals surface area contributed by atoms with Crippen LogP contribution in [0.3, 0.4) is 0 Å². The van der Waals surface area contributed by atoms with E-state index in [0.717, 1.165) is 0 Å². The molecule has 0 N–H and O–H groups in total. The molecule has 6 aromatic carbocycles. The highest BCUT2D eigenvalue weighted by Gasteiger charge is 2.43. The molecule has 8 aromatic rings. The Kier molecular flexibility index (Phi) is 7.24. The summed E-state index contributed by atoms with van der Waals surface area (Å²) in [7, 11) is 4.49. The number of hydrogen-bond acceptors (Lipinski definition) is 6. The van der Waals surface area contributed by atoms with Crippen LogP contribution in [-0.4, -0.2) is 21.1 Å². The van der Waals surface area contributed by atoms with Gasteiger partial charge >= 0.3 is 6.98 Å². The number of hydrogen-bond donors (Lipinski definition) is 0. The molecule has 10 rings (SSSR count). The fourth-order valence-corrected chi connectivity index (χ4v) is 10.9. The molecule has 0 radical (unpaired) electrons. The standard InChI is InChI=1S/C45H37BN4S2/c1-29-27-31(43-47(3)44-41(37-19-11-13-21-39(37)51-44)49(43)33-15-7-5-8-16-33)23-25-35(29)36-26-24-32(28-30(36)2)46-48(4)45-42(38-20-12-14-22-40(38)52-45)50(46)34-17-9-6-10-18-34/h5-28,43H,1-4H3. The van der Waals surface area contributed by atoms with Crippen molar-refractivity contribution in [1.29, 1.82) is 0 Å². The first-order chi connectivity index (χ1) is 25.5. The fraction of sp³-hybridized carbons (Fsp3) is 0.111. The van der Waals surface area contributed by atoms with E-state index in [1.807, 2.05) is 22.7 Å². The van der Waals surface area contributed by atoms with Gasteiger partial charge in [-0.25, -0.2) is 0 Å².